The summed E-state index contributed by atoms with van der Waals surface area (Å²) in [5.74, 6) is 0.144. The van der Waals surface area contributed by atoms with Crippen LogP contribution in [0, 0.1) is 21.8 Å². The molecule has 3 rings (SSSR count). The number of nitrogens with zero attached hydrogens (tertiary/aromatic N) is 3. The fourth-order valence-electron chi connectivity index (χ4n) is 2.65. The number of nitro groups is 1. The molecule has 1 aliphatic carbocycles. The molecule has 1 aliphatic rings. The maximum Gasteiger partial charge on any atom is 0.329 e. The van der Waals surface area contributed by atoms with Crippen LogP contribution in [-0.2, 0) is 0 Å². The van der Waals surface area contributed by atoms with Gasteiger partial charge in [-0.3, -0.25) is 10.1 Å². The molecule has 23 heavy (non-hydrogen) atoms. The van der Waals surface area contributed by atoms with Crippen molar-refractivity contribution >= 4 is 17.5 Å². The molecule has 120 valence electrons. The van der Waals surface area contributed by atoms with Crippen LogP contribution in [-0.4, -0.2) is 14.9 Å². The Labute approximate surface area is 131 Å². The average molecular weight is 317 g/mol. The van der Waals surface area contributed by atoms with Crippen LogP contribution < -0.4 is 11.1 Å². The zero-order valence-electron chi connectivity index (χ0n) is 12.3. The van der Waals surface area contributed by atoms with E-state index in [1.165, 1.54) is 12.1 Å². The van der Waals surface area contributed by atoms with E-state index in [1.54, 1.807) is 12.1 Å². The number of benzene rings is 1. The molecule has 0 saturated heterocycles. The molecule has 8 heteroatoms. The van der Waals surface area contributed by atoms with Gasteiger partial charge in [0.05, 0.1) is 11.0 Å². The number of nitrogens with one attached hydrogen (secondary N) is 1. The largest absolute Gasteiger partial charge is 0.378 e. The summed E-state index contributed by atoms with van der Waals surface area (Å²) in [5.41, 5.74) is 6.20. The molecule has 7 nitrogen and oxygen atoms in total. The minimum atomic E-state index is -0.623. The minimum absolute atomic E-state index is 0.0785. The van der Waals surface area contributed by atoms with Gasteiger partial charge in [0.1, 0.15) is 12.0 Å². The molecule has 0 radical (unpaired) electrons. The second-order valence-corrected chi connectivity index (χ2v) is 5.59. The first kappa shape index (κ1) is 15.1. The number of nitrogens with two attached hydrogens (primary N) is 1. The highest BCUT2D eigenvalue weighted by atomic mass is 19.1. The molecular formula is C15H16FN5O2. The van der Waals surface area contributed by atoms with Crippen LogP contribution in [0.3, 0.4) is 0 Å². The van der Waals surface area contributed by atoms with E-state index in [1.807, 2.05) is 0 Å². The van der Waals surface area contributed by atoms with Crippen molar-refractivity contribution in [3.05, 3.63) is 52.0 Å². The number of anilines is 2. The van der Waals surface area contributed by atoms with Crippen LogP contribution in [0.2, 0.25) is 0 Å². The van der Waals surface area contributed by atoms with E-state index in [4.69, 9.17) is 5.73 Å². The van der Waals surface area contributed by atoms with Crippen LogP contribution >= 0.6 is 0 Å². The number of halogens is 1. The number of hydrogen-bond donors (Lipinski definition) is 2. The van der Waals surface area contributed by atoms with Gasteiger partial charge in [0.25, 0.3) is 0 Å². The van der Waals surface area contributed by atoms with Gasteiger partial charge < -0.3 is 11.1 Å². The van der Waals surface area contributed by atoms with Crippen molar-refractivity contribution in [3.63, 3.8) is 0 Å². The lowest BCUT2D eigenvalue weighted by molar-refractivity contribution is -0.384. The van der Waals surface area contributed by atoms with Gasteiger partial charge >= 0.3 is 5.69 Å². The Morgan fingerprint density at radius 2 is 2.04 bits per heavy atom. The third-order valence-electron chi connectivity index (χ3n) is 4.13. The van der Waals surface area contributed by atoms with Gasteiger partial charge in [-0.25, -0.2) is 9.37 Å². The number of aromatic nitrogens is 2. The van der Waals surface area contributed by atoms with E-state index >= 15 is 0 Å². The fraction of sp³-hybridized carbons (Fsp3) is 0.333. The van der Waals surface area contributed by atoms with Gasteiger partial charge in [0.15, 0.2) is 0 Å². The highest BCUT2D eigenvalue weighted by Crippen LogP contribution is 2.39. The van der Waals surface area contributed by atoms with E-state index in [0.717, 1.165) is 31.0 Å². The van der Waals surface area contributed by atoms with Gasteiger partial charge in [-0.2, -0.15) is 4.98 Å². The highest BCUT2D eigenvalue weighted by Gasteiger charge is 2.29. The molecule has 0 aliphatic heterocycles. The summed E-state index contributed by atoms with van der Waals surface area (Å²) < 4.78 is 13.1. The predicted molar refractivity (Wildman–Crippen MR) is 83.2 cm³/mol. The third-order valence-corrected chi connectivity index (χ3v) is 4.13. The van der Waals surface area contributed by atoms with Crippen LogP contribution in [0.5, 0.6) is 0 Å². The predicted octanol–water partition coefficient (Wildman–Crippen LogP) is 3.06. The van der Waals surface area contributed by atoms with Gasteiger partial charge in [-0.15, -0.1) is 0 Å². The van der Waals surface area contributed by atoms with Crippen molar-refractivity contribution in [2.45, 2.75) is 25.3 Å². The van der Waals surface area contributed by atoms with Crippen molar-refractivity contribution in [1.29, 1.82) is 0 Å². The molecule has 1 saturated carbocycles. The lowest BCUT2D eigenvalue weighted by atomic mass is 9.77. The summed E-state index contributed by atoms with van der Waals surface area (Å²) in [6, 6.07) is 6.19. The van der Waals surface area contributed by atoms with Gasteiger partial charge in [0, 0.05) is 0 Å². The first-order valence-corrected chi connectivity index (χ1v) is 7.33. The summed E-state index contributed by atoms with van der Waals surface area (Å²) >= 11 is 0. The third kappa shape index (κ3) is 3.20. The molecule has 1 aromatic heterocycles. The van der Waals surface area contributed by atoms with E-state index in [9.17, 15) is 14.5 Å². The topological polar surface area (TPSA) is 107 Å². The van der Waals surface area contributed by atoms with Crippen LogP contribution in [0.15, 0.2) is 30.5 Å². The lowest BCUT2D eigenvalue weighted by Gasteiger charge is -2.34. The van der Waals surface area contributed by atoms with Crippen molar-refractivity contribution < 1.29 is 9.31 Å². The van der Waals surface area contributed by atoms with Gasteiger partial charge in [-0.1, -0.05) is 18.6 Å². The maximum absolute atomic E-state index is 13.1. The van der Waals surface area contributed by atoms with Crippen LogP contribution in [0.25, 0.3) is 0 Å². The van der Waals surface area contributed by atoms with Crippen molar-refractivity contribution in [2.24, 2.45) is 5.92 Å². The van der Waals surface area contributed by atoms with Crippen molar-refractivity contribution in [1.82, 2.24) is 9.97 Å². The second kappa shape index (κ2) is 6.15. The molecule has 2 aromatic rings. The molecule has 0 spiro atoms. The molecule has 3 N–H and O–H groups in total. The summed E-state index contributed by atoms with van der Waals surface area (Å²) in [6.07, 6.45) is 4.34. The molecule has 1 fully saturated rings. The zero-order chi connectivity index (χ0) is 16.4. The SMILES string of the molecule is Nc1nc(NC(c2ccc(F)cc2)C2CCC2)ncc1[N+](=O)[O-]. The average Bonchev–Trinajstić information content (AvgIpc) is 2.45. The minimum Gasteiger partial charge on any atom is -0.378 e. The smallest absolute Gasteiger partial charge is 0.329 e. The monoisotopic (exact) mass is 317 g/mol. The molecule has 0 bridgehead atoms. The van der Waals surface area contributed by atoms with Crippen molar-refractivity contribution in [2.75, 3.05) is 11.1 Å². The molecular weight excluding hydrogens is 301 g/mol. The Bertz CT molecular complexity index is 718. The Morgan fingerprint density at radius 3 is 2.57 bits per heavy atom. The lowest BCUT2D eigenvalue weighted by Crippen LogP contribution is -2.27. The van der Waals surface area contributed by atoms with Gasteiger partial charge in [0.2, 0.25) is 11.8 Å². The Balaban J connectivity index is 1.85. The van der Waals surface area contributed by atoms with E-state index in [-0.39, 0.29) is 29.3 Å². The normalized spacial score (nSPS) is 15.7. The van der Waals surface area contributed by atoms with E-state index < -0.39 is 4.92 Å². The van der Waals surface area contributed by atoms with E-state index in [0.29, 0.717) is 5.92 Å². The molecule has 1 atom stereocenters. The fourth-order valence-corrected chi connectivity index (χ4v) is 2.65. The Hall–Kier alpha value is -2.77. The number of hydrogen-bond acceptors (Lipinski definition) is 6. The number of nitrogen functional groups attached to an aromatic ring is 1. The standard InChI is InChI=1S/C15H16FN5O2/c16-11-6-4-10(5-7-11)13(9-2-1-3-9)19-15-18-8-12(21(22)23)14(17)20-15/h4-9,13H,1-3H2,(H3,17,18,19,20). The second-order valence-electron chi connectivity index (χ2n) is 5.59. The molecule has 1 heterocycles. The van der Waals surface area contributed by atoms with Crippen LogP contribution in [0.4, 0.5) is 21.8 Å². The summed E-state index contributed by atoms with van der Waals surface area (Å²) in [7, 11) is 0. The first-order chi connectivity index (χ1) is 11.0. The quantitative estimate of drug-likeness (QED) is 0.648. The summed E-state index contributed by atoms with van der Waals surface area (Å²) in [4.78, 5) is 18.1. The van der Waals surface area contributed by atoms with Crippen molar-refractivity contribution in [3.8, 4) is 0 Å². The Morgan fingerprint density at radius 1 is 1.35 bits per heavy atom. The number of rotatable bonds is 5. The maximum atomic E-state index is 13.1. The van der Waals surface area contributed by atoms with E-state index in [2.05, 4.69) is 15.3 Å². The van der Waals surface area contributed by atoms with Gasteiger partial charge in [-0.05, 0) is 36.5 Å². The zero-order valence-corrected chi connectivity index (χ0v) is 12.3. The summed E-state index contributed by atoms with van der Waals surface area (Å²) in [6.45, 7) is 0. The highest BCUT2D eigenvalue weighted by molar-refractivity contribution is 5.53. The summed E-state index contributed by atoms with van der Waals surface area (Å²) in [5, 5.41) is 13.9. The first-order valence-electron chi connectivity index (χ1n) is 7.33. The molecule has 1 unspecified atom stereocenters. The van der Waals surface area contributed by atoms with Crippen LogP contribution in [0.1, 0.15) is 30.9 Å². The Kier molecular flexibility index (Phi) is 4.05. The molecule has 0 amide bonds. The molecule has 1 aromatic carbocycles.